The summed E-state index contributed by atoms with van der Waals surface area (Å²) < 4.78 is 75.2. The van der Waals surface area contributed by atoms with Crippen LogP contribution in [0, 0.1) is 5.82 Å². The molecule has 10 nitrogen and oxygen atoms in total. The number of carbonyl (C=O) groups excluding carboxylic acids is 1. The maximum absolute atomic E-state index is 13.9. The zero-order valence-electron chi connectivity index (χ0n) is 29.4. The SMILES string of the molecule is COc1cc(C(=O)N(C)CC(CCN2CCCN(c3nc4ccccc4n3CCOCC(F)(F)F)CC2)c2ccc(F)cc2)cc(OC)c1OC. The van der Waals surface area contributed by atoms with Gasteiger partial charge in [-0.25, -0.2) is 9.37 Å². The second-order valence-electron chi connectivity index (χ2n) is 12.5. The first-order valence-electron chi connectivity index (χ1n) is 16.9. The summed E-state index contributed by atoms with van der Waals surface area (Å²) in [6, 6.07) is 17.3. The number of aromatic nitrogens is 2. The van der Waals surface area contributed by atoms with Gasteiger partial charge in [0, 0.05) is 51.3 Å². The Kier molecular flexibility index (Phi) is 12.6. The second-order valence-corrected chi connectivity index (χ2v) is 12.5. The van der Waals surface area contributed by atoms with Crippen molar-refractivity contribution in [2.75, 3.05) is 85.8 Å². The summed E-state index contributed by atoms with van der Waals surface area (Å²) in [6.45, 7) is 2.98. The average molecular weight is 716 g/mol. The van der Waals surface area contributed by atoms with Gasteiger partial charge in [0.2, 0.25) is 11.7 Å². The molecule has 14 heteroatoms. The predicted octanol–water partition coefficient (Wildman–Crippen LogP) is 6.24. The highest BCUT2D eigenvalue weighted by Crippen LogP contribution is 2.38. The fourth-order valence-electron chi connectivity index (χ4n) is 6.54. The minimum absolute atomic E-state index is 0.0816. The molecule has 1 unspecified atom stereocenters. The van der Waals surface area contributed by atoms with Crippen LogP contribution in [0.1, 0.15) is 34.7 Å². The fraction of sp³-hybridized carbons (Fsp3) is 0.459. The highest BCUT2D eigenvalue weighted by molar-refractivity contribution is 5.95. The van der Waals surface area contributed by atoms with Gasteiger partial charge in [-0.2, -0.15) is 13.2 Å². The minimum atomic E-state index is -4.38. The van der Waals surface area contributed by atoms with E-state index < -0.39 is 12.8 Å². The van der Waals surface area contributed by atoms with Crippen LogP contribution in [0.5, 0.6) is 17.2 Å². The lowest BCUT2D eigenvalue weighted by Crippen LogP contribution is -2.35. The summed E-state index contributed by atoms with van der Waals surface area (Å²) in [4.78, 5) is 24.7. The predicted molar refractivity (Wildman–Crippen MR) is 187 cm³/mol. The van der Waals surface area contributed by atoms with E-state index in [1.165, 1.54) is 33.5 Å². The van der Waals surface area contributed by atoms with Crippen molar-refractivity contribution in [2.24, 2.45) is 0 Å². The smallest absolute Gasteiger partial charge is 0.411 e. The number of ether oxygens (including phenoxy) is 4. The summed E-state index contributed by atoms with van der Waals surface area (Å²) >= 11 is 0. The highest BCUT2D eigenvalue weighted by atomic mass is 19.4. The molecule has 5 rings (SSSR count). The molecule has 0 saturated carbocycles. The van der Waals surface area contributed by atoms with Crippen LogP contribution in [0.25, 0.3) is 11.0 Å². The van der Waals surface area contributed by atoms with Crippen molar-refractivity contribution >= 4 is 22.9 Å². The van der Waals surface area contributed by atoms with Gasteiger partial charge >= 0.3 is 6.18 Å². The molecule has 1 aliphatic rings. The molecule has 1 amide bonds. The van der Waals surface area contributed by atoms with Crippen molar-refractivity contribution in [1.29, 1.82) is 0 Å². The quantitative estimate of drug-likeness (QED) is 0.106. The zero-order valence-corrected chi connectivity index (χ0v) is 29.4. The van der Waals surface area contributed by atoms with Gasteiger partial charge in [-0.05, 0) is 67.9 Å². The summed E-state index contributed by atoms with van der Waals surface area (Å²) in [7, 11) is 6.24. The van der Waals surface area contributed by atoms with E-state index in [9.17, 15) is 22.4 Å². The minimum Gasteiger partial charge on any atom is -0.493 e. The largest absolute Gasteiger partial charge is 0.493 e. The summed E-state index contributed by atoms with van der Waals surface area (Å²) in [6.07, 6.45) is -2.81. The molecule has 0 aliphatic carbocycles. The van der Waals surface area contributed by atoms with Crippen molar-refractivity contribution in [2.45, 2.75) is 31.5 Å². The standard InChI is InChI=1S/C37H45F4N5O5/c1-43(35(47)28-22-32(48-2)34(50-4)33(23-28)49-3)24-27(26-10-12-29(38)13-11-26)14-17-44-15-7-16-45(19-18-44)36-42-30-8-5-6-9-31(30)46(36)20-21-51-25-37(39,40)41/h5-6,8-13,22-23,27H,7,14-21,24-25H2,1-4H3. The van der Waals surface area contributed by atoms with Crippen LogP contribution in [-0.2, 0) is 11.3 Å². The van der Waals surface area contributed by atoms with Gasteiger partial charge in [-0.15, -0.1) is 0 Å². The van der Waals surface area contributed by atoms with Crippen LogP contribution < -0.4 is 19.1 Å². The molecule has 51 heavy (non-hydrogen) atoms. The Bertz CT molecular complexity index is 1720. The lowest BCUT2D eigenvalue weighted by molar-refractivity contribution is -0.174. The van der Waals surface area contributed by atoms with Gasteiger partial charge in [0.15, 0.2) is 11.5 Å². The molecule has 1 aromatic heterocycles. The number of fused-ring (bicyclic) bond motifs is 1. The van der Waals surface area contributed by atoms with Crippen molar-refractivity contribution < 1.29 is 41.3 Å². The van der Waals surface area contributed by atoms with Crippen LogP contribution in [0.2, 0.25) is 0 Å². The summed E-state index contributed by atoms with van der Waals surface area (Å²) in [5.41, 5.74) is 2.93. The van der Waals surface area contributed by atoms with E-state index in [0.717, 1.165) is 49.2 Å². The first-order valence-corrected chi connectivity index (χ1v) is 16.9. The van der Waals surface area contributed by atoms with Crippen LogP contribution in [0.3, 0.4) is 0 Å². The number of likely N-dealkylation sites (N-methyl/N-ethyl adjacent to an activating group) is 1. The Balaban J connectivity index is 1.26. The molecule has 1 atom stereocenters. The van der Waals surface area contributed by atoms with E-state index in [2.05, 4.69) is 9.80 Å². The molecular formula is C37H45F4N5O5. The van der Waals surface area contributed by atoms with Crippen LogP contribution in [0.15, 0.2) is 60.7 Å². The molecule has 1 saturated heterocycles. The van der Waals surface area contributed by atoms with Crippen LogP contribution >= 0.6 is 0 Å². The van der Waals surface area contributed by atoms with Gasteiger partial charge in [-0.1, -0.05) is 24.3 Å². The van der Waals surface area contributed by atoms with E-state index in [1.807, 2.05) is 28.8 Å². The van der Waals surface area contributed by atoms with E-state index >= 15 is 0 Å². The Hall–Kier alpha value is -4.56. The number of halogens is 4. The van der Waals surface area contributed by atoms with Gasteiger partial charge in [-0.3, -0.25) is 4.79 Å². The topological polar surface area (TPSA) is 81.5 Å². The Labute approximate surface area is 295 Å². The maximum Gasteiger partial charge on any atom is 0.411 e. The maximum atomic E-state index is 13.9. The number of anilines is 1. The Morgan fingerprint density at radius 3 is 2.29 bits per heavy atom. The molecule has 0 N–H and O–H groups in total. The number of alkyl halides is 3. The third kappa shape index (κ3) is 9.61. The number of hydrogen-bond acceptors (Lipinski definition) is 8. The lowest BCUT2D eigenvalue weighted by atomic mass is 9.94. The number of carbonyl (C=O) groups is 1. The lowest BCUT2D eigenvalue weighted by Gasteiger charge is -2.28. The first-order chi connectivity index (χ1) is 24.5. The number of imidazole rings is 1. The van der Waals surface area contributed by atoms with Gasteiger partial charge in [0.25, 0.3) is 5.91 Å². The highest BCUT2D eigenvalue weighted by Gasteiger charge is 2.28. The fourth-order valence-corrected chi connectivity index (χ4v) is 6.54. The zero-order chi connectivity index (χ0) is 36.5. The molecule has 0 radical (unpaired) electrons. The number of para-hydroxylation sites is 2. The number of benzene rings is 3. The Morgan fingerprint density at radius 1 is 0.922 bits per heavy atom. The Morgan fingerprint density at radius 2 is 1.63 bits per heavy atom. The summed E-state index contributed by atoms with van der Waals surface area (Å²) in [5, 5.41) is 0. The van der Waals surface area contributed by atoms with E-state index in [0.29, 0.717) is 48.3 Å². The molecule has 1 fully saturated rings. The normalized spacial score (nSPS) is 14.7. The molecule has 2 heterocycles. The first kappa shape index (κ1) is 37.7. The van der Waals surface area contributed by atoms with Gasteiger partial charge in [0.1, 0.15) is 12.4 Å². The van der Waals surface area contributed by atoms with Crippen molar-refractivity contribution in [3.05, 3.63) is 77.6 Å². The molecule has 0 bridgehead atoms. The molecular weight excluding hydrogens is 670 g/mol. The molecule has 1 aliphatic heterocycles. The molecule has 3 aromatic carbocycles. The van der Waals surface area contributed by atoms with E-state index in [4.69, 9.17) is 23.9 Å². The third-order valence-electron chi connectivity index (χ3n) is 9.12. The number of rotatable bonds is 15. The molecule has 4 aromatic rings. The monoisotopic (exact) mass is 715 g/mol. The molecule has 276 valence electrons. The van der Waals surface area contributed by atoms with E-state index in [-0.39, 0.29) is 30.8 Å². The van der Waals surface area contributed by atoms with Gasteiger partial charge in [0.05, 0.1) is 39.0 Å². The number of amides is 1. The van der Waals surface area contributed by atoms with Crippen LogP contribution in [0.4, 0.5) is 23.5 Å². The number of hydrogen-bond donors (Lipinski definition) is 0. The van der Waals surface area contributed by atoms with Crippen molar-refractivity contribution in [3.63, 3.8) is 0 Å². The second kappa shape index (κ2) is 17.1. The average Bonchev–Trinajstić information content (AvgIpc) is 3.32. The van der Waals surface area contributed by atoms with Crippen molar-refractivity contribution in [3.8, 4) is 17.2 Å². The van der Waals surface area contributed by atoms with Crippen molar-refractivity contribution in [1.82, 2.24) is 19.4 Å². The number of nitrogens with zero attached hydrogens (tertiary/aromatic N) is 5. The van der Waals surface area contributed by atoms with E-state index in [1.54, 1.807) is 36.2 Å². The summed E-state index contributed by atoms with van der Waals surface area (Å²) in [5.74, 6) is 1.23. The van der Waals surface area contributed by atoms with Crippen LogP contribution in [-0.4, -0.2) is 112 Å². The number of methoxy groups -OCH3 is 3. The molecule has 0 spiro atoms. The third-order valence-corrected chi connectivity index (χ3v) is 9.12. The van der Waals surface area contributed by atoms with Gasteiger partial charge < -0.3 is 38.2 Å².